The van der Waals surface area contributed by atoms with Crippen LogP contribution in [-0.2, 0) is 11.3 Å². The van der Waals surface area contributed by atoms with Gasteiger partial charge in [0.2, 0.25) is 5.91 Å². The molecule has 35 heavy (non-hydrogen) atoms. The van der Waals surface area contributed by atoms with E-state index >= 15 is 0 Å². The predicted molar refractivity (Wildman–Crippen MR) is 144 cm³/mol. The molecule has 2 fully saturated rings. The molecule has 0 spiro atoms. The molecule has 1 aliphatic carbocycles. The van der Waals surface area contributed by atoms with Crippen LogP contribution in [0.2, 0.25) is 0 Å². The molecule has 2 aromatic rings. The van der Waals surface area contributed by atoms with Gasteiger partial charge >= 0.3 is 0 Å². The lowest BCUT2D eigenvalue weighted by atomic mass is 10.00. The molecule has 4 rings (SSSR count). The minimum atomic E-state index is -0.175. The van der Waals surface area contributed by atoms with Gasteiger partial charge in [0, 0.05) is 17.8 Å². The molecule has 2 aromatic carbocycles. The van der Waals surface area contributed by atoms with Crippen molar-refractivity contribution in [2.24, 2.45) is 5.10 Å². The summed E-state index contributed by atoms with van der Waals surface area (Å²) < 4.78 is 0. The van der Waals surface area contributed by atoms with Gasteiger partial charge in [-0.3, -0.25) is 9.59 Å². The van der Waals surface area contributed by atoms with E-state index in [1.165, 1.54) is 44.9 Å². The number of nitrogens with one attached hydrogen (secondary N) is 1. The van der Waals surface area contributed by atoms with E-state index in [0.29, 0.717) is 17.9 Å². The monoisotopic (exact) mass is 491 g/mol. The van der Waals surface area contributed by atoms with Crippen molar-refractivity contribution in [1.29, 1.82) is 0 Å². The Hall–Kier alpha value is -2.60. The number of hydrogen-bond acceptors (Lipinski definition) is 4. The second-order valence-corrected chi connectivity index (χ2v) is 10.7. The lowest BCUT2D eigenvalue weighted by Crippen LogP contribution is -2.27. The number of thioether (sulfide) groups is 1. The third-order valence-electron chi connectivity index (χ3n) is 6.87. The summed E-state index contributed by atoms with van der Waals surface area (Å²) in [7, 11) is 0. The minimum Gasteiger partial charge on any atom is -0.322 e. The molecule has 6 heteroatoms. The first-order chi connectivity index (χ1) is 17.2. The topological polar surface area (TPSA) is 61.8 Å². The zero-order valence-corrected chi connectivity index (χ0v) is 21.4. The lowest BCUT2D eigenvalue weighted by Gasteiger charge is -2.24. The second kappa shape index (κ2) is 13.5. The summed E-state index contributed by atoms with van der Waals surface area (Å²) in [5.74, 6) is 0.460. The van der Waals surface area contributed by atoms with Crippen LogP contribution in [0, 0.1) is 0 Å². The third kappa shape index (κ3) is 7.69. The summed E-state index contributed by atoms with van der Waals surface area (Å²) in [4.78, 5) is 27.2. The van der Waals surface area contributed by atoms with Gasteiger partial charge in [0.05, 0.1) is 5.75 Å². The number of hydrazone groups is 1. The molecule has 1 saturated heterocycles. The molecule has 1 aliphatic heterocycles. The first-order valence-corrected chi connectivity index (χ1v) is 14.2. The van der Waals surface area contributed by atoms with Crippen LogP contribution >= 0.6 is 11.8 Å². The van der Waals surface area contributed by atoms with Gasteiger partial charge < -0.3 is 4.90 Å². The summed E-state index contributed by atoms with van der Waals surface area (Å²) in [6.07, 6.45) is 13.4. The van der Waals surface area contributed by atoms with E-state index in [4.69, 9.17) is 0 Å². The Morgan fingerprint density at radius 1 is 0.857 bits per heavy atom. The molecule has 1 atom stereocenters. The van der Waals surface area contributed by atoms with E-state index in [-0.39, 0.29) is 17.2 Å². The average molecular weight is 492 g/mol. The minimum absolute atomic E-state index is 0.0312. The predicted octanol–water partition coefficient (Wildman–Crippen LogP) is 6.85. The highest BCUT2D eigenvalue weighted by atomic mass is 32.2. The van der Waals surface area contributed by atoms with Gasteiger partial charge in [-0.25, -0.2) is 5.43 Å². The van der Waals surface area contributed by atoms with E-state index < -0.39 is 0 Å². The smallest absolute Gasteiger partial charge is 0.271 e. The number of amides is 2. The molecule has 1 heterocycles. The Morgan fingerprint density at radius 2 is 1.46 bits per heavy atom. The quantitative estimate of drug-likeness (QED) is 0.465. The van der Waals surface area contributed by atoms with Gasteiger partial charge in [0.25, 0.3) is 5.91 Å². The van der Waals surface area contributed by atoms with E-state index in [1.54, 1.807) is 11.8 Å². The molecule has 0 aromatic heterocycles. The first kappa shape index (κ1) is 25.5. The number of rotatable bonds is 5. The summed E-state index contributed by atoms with van der Waals surface area (Å²) in [6.45, 7) is 0.594. The third-order valence-corrected chi connectivity index (χ3v) is 8.12. The Labute approximate surface area is 213 Å². The molecule has 186 valence electrons. The molecular formula is C29H37N3O2S. The average Bonchev–Trinajstić information content (AvgIpc) is 3.24. The van der Waals surface area contributed by atoms with Gasteiger partial charge in [-0.05, 0) is 48.9 Å². The summed E-state index contributed by atoms with van der Waals surface area (Å²) in [5.41, 5.74) is 6.67. The first-order valence-electron chi connectivity index (χ1n) is 13.1. The summed E-state index contributed by atoms with van der Waals surface area (Å²) in [5, 5.41) is 4.49. The van der Waals surface area contributed by atoms with E-state index in [1.807, 2.05) is 59.5 Å². The number of hydrogen-bond donors (Lipinski definition) is 1. The fourth-order valence-corrected chi connectivity index (χ4v) is 6.00. The maximum Gasteiger partial charge on any atom is 0.271 e. The van der Waals surface area contributed by atoms with Crippen LogP contribution in [0.1, 0.15) is 97.5 Å². The second-order valence-electron chi connectivity index (χ2n) is 9.59. The molecule has 1 N–H and O–H groups in total. The zero-order valence-electron chi connectivity index (χ0n) is 20.6. The normalized spacial score (nSPS) is 20.1. The molecule has 1 saturated carbocycles. The number of benzene rings is 2. The fourth-order valence-electron chi connectivity index (χ4n) is 4.81. The van der Waals surface area contributed by atoms with Crippen LogP contribution < -0.4 is 5.43 Å². The Balaban J connectivity index is 1.35. The lowest BCUT2D eigenvalue weighted by molar-refractivity contribution is -0.128. The number of nitrogens with zero attached hydrogens (tertiary/aromatic N) is 2. The van der Waals surface area contributed by atoms with E-state index in [0.717, 1.165) is 42.5 Å². The van der Waals surface area contributed by atoms with Crippen LogP contribution in [0.25, 0.3) is 0 Å². The standard InChI is InChI=1S/C29H37N3O2S/c33-27-22-35-29(32(27)21-23-13-9-8-10-14-23)25-19-17-24(18-20-25)28(34)31-30-26-15-11-6-4-2-1-3-5-7-12-16-26/h8-10,13-14,17-20,29H,1-7,11-12,15-16,21-22H2,(H,31,34)/t29-/m0/s1. The maximum atomic E-state index is 12.8. The van der Waals surface area contributed by atoms with E-state index in [2.05, 4.69) is 10.5 Å². The van der Waals surface area contributed by atoms with Crippen molar-refractivity contribution in [2.45, 2.75) is 82.5 Å². The number of carbonyl (C=O) groups excluding carboxylic acids is 2. The largest absolute Gasteiger partial charge is 0.322 e. The van der Waals surface area contributed by atoms with Crippen LogP contribution in [0.3, 0.4) is 0 Å². The zero-order chi connectivity index (χ0) is 24.3. The van der Waals surface area contributed by atoms with Crippen LogP contribution in [0.5, 0.6) is 0 Å². The van der Waals surface area contributed by atoms with Crippen molar-refractivity contribution < 1.29 is 9.59 Å². The van der Waals surface area contributed by atoms with Crippen molar-refractivity contribution in [3.63, 3.8) is 0 Å². The molecule has 0 unspecified atom stereocenters. The Bertz CT molecular complexity index is 977. The van der Waals surface area contributed by atoms with E-state index in [9.17, 15) is 9.59 Å². The van der Waals surface area contributed by atoms with Crippen molar-refractivity contribution in [2.75, 3.05) is 5.75 Å². The van der Waals surface area contributed by atoms with Gasteiger partial charge in [-0.15, -0.1) is 11.8 Å². The van der Waals surface area contributed by atoms with Gasteiger partial charge in [0.1, 0.15) is 5.37 Å². The maximum absolute atomic E-state index is 12.8. The van der Waals surface area contributed by atoms with Crippen molar-refractivity contribution in [1.82, 2.24) is 10.3 Å². The van der Waals surface area contributed by atoms with Crippen LogP contribution in [-0.4, -0.2) is 28.2 Å². The highest BCUT2D eigenvalue weighted by molar-refractivity contribution is 8.00. The van der Waals surface area contributed by atoms with Crippen LogP contribution in [0.4, 0.5) is 0 Å². The summed E-state index contributed by atoms with van der Waals surface area (Å²) >= 11 is 1.64. The SMILES string of the molecule is O=C(NN=C1CCCCCCCCCCC1)c1ccc([C@@H]2SCC(=O)N2Cc2ccccc2)cc1. The fraction of sp³-hybridized carbons (Fsp3) is 0.483. The van der Waals surface area contributed by atoms with Gasteiger partial charge in [-0.1, -0.05) is 87.4 Å². The van der Waals surface area contributed by atoms with Gasteiger partial charge in [-0.2, -0.15) is 5.10 Å². The molecular weight excluding hydrogens is 454 g/mol. The molecule has 2 aliphatic rings. The van der Waals surface area contributed by atoms with Crippen molar-refractivity contribution in [3.05, 3.63) is 71.3 Å². The van der Waals surface area contributed by atoms with Crippen LogP contribution in [0.15, 0.2) is 59.7 Å². The Morgan fingerprint density at radius 3 is 2.09 bits per heavy atom. The van der Waals surface area contributed by atoms with Crippen molar-refractivity contribution >= 4 is 29.3 Å². The highest BCUT2D eigenvalue weighted by Gasteiger charge is 2.32. The summed E-state index contributed by atoms with van der Waals surface area (Å²) in [6, 6.07) is 17.7. The molecule has 5 nitrogen and oxygen atoms in total. The molecule has 0 bridgehead atoms. The van der Waals surface area contributed by atoms with Gasteiger partial charge in [0.15, 0.2) is 0 Å². The Kier molecular flexibility index (Phi) is 9.82. The molecule has 0 radical (unpaired) electrons. The number of carbonyl (C=O) groups is 2. The molecule has 2 amide bonds. The van der Waals surface area contributed by atoms with Crippen molar-refractivity contribution in [3.8, 4) is 0 Å². The highest BCUT2D eigenvalue weighted by Crippen LogP contribution is 2.39.